The predicted octanol–water partition coefficient (Wildman–Crippen LogP) is 2.85. The maximum atomic E-state index is 13.1. The molecule has 0 fully saturated rings. The number of likely N-dealkylation sites (N-methyl/N-ethyl adjacent to an activating group) is 1. The van der Waals surface area contributed by atoms with Crippen molar-refractivity contribution in [2.24, 2.45) is 0 Å². The molecule has 2 rings (SSSR count). The molecule has 0 radical (unpaired) electrons. The average molecular weight is 341 g/mol. The molecule has 0 bridgehead atoms. The molecule has 0 aliphatic rings. The van der Waals surface area contributed by atoms with Crippen LogP contribution < -0.4 is 0 Å². The van der Waals surface area contributed by atoms with E-state index in [1.807, 2.05) is 60.7 Å². The molecule has 2 aromatic rings. The number of esters is 1. The van der Waals surface area contributed by atoms with Gasteiger partial charge in [-0.15, -0.1) is 0 Å². The Hall–Kier alpha value is -2.17. The summed E-state index contributed by atoms with van der Waals surface area (Å²) in [6.07, 6.45) is 0. The van der Waals surface area contributed by atoms with Crippen LogP contribution in [-0.4, -0.2) is 48.8 Å². The van der Waals surface area contributed by atoms with E-state index in [1.165, 1.54) is 0 Å². The quantitative estimate of drug-likeness (QED) is 0.713. The number of aliphatic hydroxyl groups excluding tert-OH is 1. The lowest BCUT2D eigenvalue weighted by Gasteiger charge is -2.31. The molecule has 0 saturated carbocycles. The summed E-state index contributed by atoms with van der Waals surface area (Å²) in [4.78, 5) is 15.2. The molecule has 0 aliphatic heterocycles. The van der Waals surface area contributed by atoms with Crippen LogP contribution in [0.15, 0.2) is 60.7 Å². The first kappa shape index (κ1) is 19.2. The number of nitrogens with zero attached hydrogens (tertiary/aromatic N) is 1. The van der Waals surface area contributed by atoms with Crippen LogP contribution in [0.2, 0.25) is 0 Å². The van der Waals surface area contributed by atoms with Crippen molar-refractivity contribution in [3.63, 3.8) is 0 Å². The van der Waals surface area contributed by atoms with Gasteiger partial charge in [-0.1, -0.05) is 74.5 Å². The number of hydrogen-bond donors (Lipinski definition) is 1. The molecule has 134 valence electrons. The third kappa shape index (κ3) is 4.27. The van der Waals surface area contributed by atoms with Gasteiger partial charge in [0.1, 0.15) is 12.0 Å². The molecule has 25 heavy (non-hydrogen) atoms. The van der Waals surface area contributed by atoms with E-state index in [1.54, 1.807) is 0 Å². The second kappa shape index (κ2) is 9.35. The molecular weight excluding hydrogens is 314 g/mol. The fourth-order valence-electron chi connectivity index (χ4n) is 3.03. The highest BCUT2D eigenvalue weighted by molar-refractivity contribution is 5.88. The zero-order chi connectivity index (χ0) is 18.1. The lowest BCUT2D eigenvalue weighted by Crippen LogP contribution is -2.43. The number of carbonyl (C=O) groups is 1. The summed E-state index contributed by atoms with van der Waals surface area (Å²) in [6, 6.07) is 18.7. The fraction of sp³-hybridized carbons (Fsp3) is 0.381. The average Bonchev–Trinajstić information content (AvgIpc) is 2.68. The van der Waals surface area contributed by atoms with Crippen molar-refractivity contribution < 1.29 is 14.6 Å². The summed E-state index contributed by atoms with van der Waals surface area (Å²) >= 11 is 0. The van der Waals surface area contributed by atoms with Crippen molar-refractivity contribution in [1.82, 2.24) is 4.90 Å². The van der Waals surface area contributed by atoms with Crippen molar-refractivity contribution in [3.8, 4) is 0 Å². The van der Waals surface area contributed by atoms with Crippen LogP contribution in [-0.2, 0) is 14.9 Å². The highest BCUT2D eigenvalue weighted by atomic mass is 16.5. The molecule has 0 atom stereocenters. The number of hydrogen-bond acceptors (Lipinski definition) is 4. The molecule has 0 aromatic heterocycles. The Kier molecular flexibility index (Phi) is 7.16. The van der Waals surface area contributed by atoms with Crippen molar-refractivity contribution in [2.75, 3.05) is 32.8 Å². The number of carbonyl (C=O) groups excluding carboxylic acids is 1. The fourth-order valence-corrected chi connectivity index (χ4v) is 3.03. The van der Waals surface area contributed by atoms with Crippen LogP contribution in [0.1, 0.15) is 25.0 Å². The lowest BCUT2D eigenvalue weighted by atomic mass is 9.75. The molecule has 0 heterocycles. The van der Waals surface area contributed by atoms with Crippen LogP contribution in [0.4, 0.5) is 0 Å². The van der Waals surface area contributed by atoms with Crippen LogP contribution in [0.5, 0.6) is 0 Å². The minimum Gasteiger partial charge on any atom is -0.463 e. The van der Waals surface area contributed by atoms with Crippen LogP contribution in [0, 0.1) is 0 Å². The van der Waals surface area contributed by atoms with Gasteiger partial charge in [-0.2, -0.15) is 0 Å². The Morgan fingerprint density at radius 1 is 0.960 bits per heavy atom. The van der Waals surface area contributed by atoms with Gasteiger partial charge in [0.15, 0.2) is 0 Å². The number of rotatable bonds is 9. The summed E-state index contributed by atoms with van der Waals surface area (Å²) in [7, 11) is 0. The van der Waals surface area contributed by atoms with Gasteiger partial charge in [-0.3, -0.25) is 4.79 Å². The maximum Gasteiger partial charge on any atom is 0.323 e. The van der Waals surface area contributed by atoms with Crippen LogP contribution >= 0.6 is 0 Å². The first-order valence-corrected chi connectivity index (χ1v) is 8.80. The van der Waals surface area contributed by atoms with Gasteiger partial charge in [0, 0.05) is 6.54 Å². The van der Waals surface area contributed by atoms with E-state index >= 15 is 0 Å². The third-order valence-corrected chi connectivity index (χ3v) is 4.65. The van der Waals surface area contributed by atoms with E-state index in [0.717, 1.165) is 24.2 Å². The van der Waals surface area contributed by atoms with Gasteiger partial charge in [0.05, 0.1) is 6.61 Å². The molecular formula is C21H27NO3. The second-order valence-corrected chi connectivity index (χ2v) is 5.96. The van der Waals surface area contributed by atoms with E-state index in [9.17, 15) is 9.90 Å². The van der Waals surface area contributed by atoms with Crippen molar-refractivity contribution in [2.45, 2.75) is 19.3 Å². The summed E-state index contributed by atoms with van der Waals surface area (Å²) in [5.74, 6) is -0.417. The van der Waals surface area contributed by atoms with Gasteiger partial charge in [0.25, 0.3) is 0 Å². The Morgan fingerprint density at radius 3 is 1.84 bits per heavy atom. The van der Waals surface area contributed by atoms with Crippen molar-refractivity contribution >= 4 is 5.97 Å². The molecule has 2 aromatic carbocycles. The summed E-state index contributed by atoms with van der Waals surface area (Å²) in [5.41, 5.74) is 0.263. The molecule has 1 N–H and O–H groups in total. The van der Waals surface area contributed by atoms with E-state index in [4.69, 9.17) is 4.74 Å². The Balaban J connectivity index is 2.30. The Bertz CT molecular complexity index is 599. The normalized spacial score (nSPS) is 11.5. The summed E-state index contributed by atoms with van der Waals surface area (Å²) in [5, 5.41) is 10.2. The van der Waals surface area contributed by atoms with E-state index in [2.05, 4.69) is 18.7 Å². The van der Waals surface area contributed by atoms with Gasteiger partial charge < -0.3 is 14.7 Å². The summed E-state index contributed by atoms with van der Waals surface area (Å²) < 4.78 is 5.60. The monoisotopic (exact) mass is 341 g/mol. The highest BCUT2D eigenvalue weighted by Crippen LogP contribution is 2.33. The molecule has 0 unspecified atom stereocenters. The predicted molar refractivity (Wildman–Crippen MR) is 99.5 cm³/mol. The Morgan fingerprint density at radius 2 is 1.44 bits per heavy atom. The second-order valence-electron chi connectivity index (χ2n) is 5.96. The summed E-state index contributed by atoms with van der Waals surface area (Å²) in [6.45, 7) is 6.64. The van der Waals surface area contributed by atoms with Crippen molar-refractivity contribution in [1.29, 1.82) is 0 Å². The topological polar surface area (TPSA) is 49.8 Å². The zero-order valence-electron chi connectivity index (χ0n) is 15.0. The van der Waals surface area contributed by atoms with Gasteiger partial charge in [-0.25, -0.2) is 0 Å². The first-order valence-electron chi connectivity index (χ1n) is 8.80. The molecule has 0 saturated heterocycles. The minimum absolute atomic E-state index is 0.307. The number of benzene rings is 2. The van der Waals surface area contributed by atoms with Crippen LogP contribution in [0.3, 0.4) is 0 Å². The number of aliphatic hydroxyl groups is 1. The van der Waals surface area contributed by atoms with E-state index in [-0.39, 0.29) is 6.61 Å². The molecule has 0 aliphatic carbocycles. The van der Waals surface area contributed by atoms with Crippen LogP contribution in [0.25, 0.3) is 0 Å². The first-order chi connectivity index (χ1) is 12.2. The molecule has 0 amide bonds. The van der Waals surface area contributed by atoms with E-state index in [0.29, 0.717) is 13.2 Å². The zero-order valence-corrected chi connectivity index (χ0v) is 15.0. The Labute approximate surface area is 150 Å². The standard InChI is InChI=1S/C21H27NO3/c1-3-22(4-2)15-16-25-20(24)21(17-23,18-11-7-5-8-12-18)19-13-9-6-10-14-19/h5-14,23H,3-4,15-17H2,1-2H3. The largest absolute Gasteiger partial charge is 0.463 e. The SMILES string of the molecule is CCN(CC)CCOC(=O)C(CO)(c1ccccc1)c1ccccc1. The molecule has 0 spiro atoms. The van der Waals surface area contributed by atoms with Gasteiger partial charge in [-0.05, 0) is 24.2 Å². The minimum atomic E-state index is -1.20. The molecule has 4 heteroatoms. The maximum absolute atomic E-state index is 13.1. The lowest BCUT2D eigenvalue weighted by molar-refractivity contribution is -0.150. The molecule has 4 nitrogen and oxygen atoms in total. The smallest absolute Gasteiger partial charge is 0.323 e. The van der Waals surface area contributed by atoms with E-state index < -0.39 is 11.4 Å². The van der Waals surface area contributed by atoms with Gasteiger partial charge in [0.2, 0.25) is 0 Å². The third-order valence-electron chi connectivity index (χ3n) is 4.65. The van der Waals surface area contributed by atoms with Crippen molar-refractivity contribution in [3.05, 3.63) is 71.8 Å². The number of ether oxygens (including phenoxy) is 1. The highest BCUT2D eigenvalue weighted by Gasteiger charge is 2.43. The van der Waals surface area contributed by atoms with Gasteiger partial charge >= 0.3 is 5.97 Å².